The van der Waals surface area contributed by atoms with Gasteiger partial charge in [0.15, 0.2) is 0 Å². The van der Waals surface area contributed by atoms with Crippen molar-refractivity contribution < 1.29 is 10.0 Å². The highest BCUT2D eigenvalue weighted by Gasteiger charge is 2.36. The Morgan fingerprint density at radius 3 is 2.43 bits per heavy atom. The van der Waals surface area contributed by atoms with Gasteiger partial charge in [-0.15, -0.1) is 0 Å². The summed E-state index contributed by atoms with van der Waals surface area (Å²) >= 11 is 0. The van der Waals surface area contributed by atoms with Crippen molar-refractivity contribution >= 4 is 7.12 Å². The molecule has 0 aromatic heterocycles. The van der Waals surface area contributed by atoms with E-state index >= 15 is 0 Å². The molecule has 2 atom stereocenters. The van der Waals surface area contributed by atoms with E-state index in [2.05, 4.69) is 12.1 Å². The summed E-state index contributed by atoms with van der Waals surface area (Å²) in [5, 5.41) is 18.5. The number of hydrogen-bond donors (Lipinski definition) is 2. The van der Waals surface area contributed by atoms with Crippen LogP contribution in [0.5, 0.6) is 0 Å². The lowest BCUT2D eigenvalue weighted by Crippen LogP contribution is -2.22. The lowest BCUT2D eigenvalue weighted by atomic mass is 9.65. The van der Waals surface area contributed by atoms with Crippen LogP contribution in [0.15, 0.2) is 30.3 Å². The van der Waals surface area contributed by atoms with Crippen molar-refractivity contribution in [3.8, 4) is 0 Å². The third kappa shape index (κ3) is 1.84. The minimum Gasteiger partial charge on any atom is -0.427 e. The zero-order chi connectivity index (χ0) is 9.97. The van der Waals surface area contributed by atoms with E-state index in [0.717, 1.165) is 19.3 Å². The minimum absolute atomic E-state index is 0.0254. The van der Waals surface area contributed by atoms with Crippen molar-refractivity contribution in [1.82, 2.24) is 0 Å². The largest absolute Gasteiger partial charge is 0.455 e. The summed E-state index contributed by atoms with van der Waals surface area (Å²) in [5.41, 5.74) is 1.24. The van der Waals surface area contributed by atoms with Gasteiger partial charge in [0.1, 0.15) is 0 Å². The number of hydrogen-bond acceptors (Lipinski definition) is 2. The van der Waals surface area contributed by atoms with Crippen molar-refractivity contribution in [1.29, 1.82) is 0 Å². The Morgan fingerprint density at radius 1 is 1.07 bits per heavy atom. The third-order valence-electron chi connectivity index (χ3n) is 3.18. The number of rotatable bonds is 2. The molecule has 2 nitrogen and oxygen atoms in total. The third-order valence-corrected chi connectivity index (χ3v) is 3.18. The second-order valence-corrected chi connectivity index (χ2v) is 4.03. The van der Waals surface area contributed by atoms with E-state index in [1.54, 1.807) is 0 Å². The van der Waals surface area contributed by atoms with Crippen molar-refractivity contribution in [3.63, 3.8) is 0 Å². The first-order chi connectivity index (χ1) is 6.79. The van der Waals surface area contributed by atoms with Gasteiger partial charge in [0, 0.05) is 5.82 Å². The highest BCUT2D eigenvalue weighted by molar-refractivity contribution is 6.43. The molecule has 1 aliphatic rings. The molecule has 0 unspecified atom stereocenters. The van der Waals surface area contributed by atoms with Gasteiger partial charge in [0.2, 0.25) is 0 Å². The maximum atomic E-state index is 9.24. The normalized spacial score (nSPS) is 26.4. The molecule has 0 aliphatic heterocycles. The molecule has 3 heteroatoms. The summed E-state index contributed by atoms with van der Waals surface area (Å²) in [7, 11) is -1.16. The summed E-state index contributed by atoms with van der Waals surface area (Å²) in [4.78, 5) is 0. The van der Waals surface area contributed by atoms with E-state index < -0.39 is 7.12 Å². The fraction of sp³-hybridized carbons (Fsp3) is 0.455. The van der Waals surface area contributed by atoms with Crippen molar-refractivity contribution in [2.45, 2.75) is 31.0 Å². The SMILES string of the molecule is OB(O)[C@@H]1CCC[C@@H]1c1ccccc1. The highest BCUT2D eigenvalue weighted by atomic mass is 16.4. The quantitative estimate of drug-likeness (QED) is 0.698. The van der Waals surface area contributed by atoms with E-state index in [-0.39, 0.29) is 5.82 Å². The van der Waals surface area contributed by atoms with Gasteiger partial charge in [0.05, 0.1) is 0 Å². The molecular weight excluding hydrogens is 175 g/mol. The topological polar surface area (TPSA) is 40.5 Å². The minimum atomic E-state index is -1.16. The second kappa shape index (κ2) is 4.15. The molecule has 0 saturated heterocycles. The lowest BCUT2D eigenvalue weighted by molar-refractivity contribution is 0.377. The van der Waals surface area contributed by atoms with Crippen molar-refractivity contribution in [2.75, 3.05) is 0 Å². The van der Waals surface area contributed by atoms with Crippen LogP contribution in [0.1, 0.15) is 30.7 Å². The van der Waals surface area contributed by atoms with Crippen LogP contribution in [0.3, 0.4) is 0 Å². The predicted molar refractivity (Wildman–Crippen MR) is 57.0 cm³/mol. The molecule has 74 valence electrons. The van der Waals surface area contributed by atoms with Gasteiger partial charge in [-0.25, -0.2) is 0 Å². The zero-order valence-electron chi connectivity index (χ0n) is 8.13. The van der Waals surface area contributed by atoms with Gasteiger partial charge in [-0.3, -0.25) is 0 Å². The first kappa shape index (κ1) is 9.75. The first-order valence-electron chi connectivity index (χ1n) is 5.20. The molecule has 1 fully saturated rings. The predicted octanol–water partition coefficient (Wildman–Crippen LogP) is 1.80. The zero-order valence-corrected chi connectivity index (χ0v) is 8.13. The average molecular weight is 190 g/mol. The Balaban J connectivity index is 2.18. The van der Waals surface area contributed by atoms with Crippen LogP contribution in [-0.2, 0) is 0 Å². The molecule has 1 aromatic rings. The first-order valence-corrected chi connectivity index (χ1v) is 5.20. The average Bonchev–Trinajstić information content (AvgIpc) is 2.67. The Hall–Kier alpha value is -0.795. The Bertz CT molecular complexity index is 287. The van der Waals surface area contributed by atoms with Gasteiger partial charge in [-0.05, 0) is 17.9 Å². The maximum Gasteiger partial charge on any atom is 0.455 e. The van der Waals surface area contributed by atoms with E-state index in [0.29, 0.717) is 5.92 Å². The monoisotopic (exact) mass is 190 g/mol. The molecule has 14 heavy (non-hydrogen) atoms. The fourth-order valence-electron chi connectivity index (χ4n) is 2.46. The smallest absolute Gasteiger partial charge is 0.427 e. The molecule has 2 rings (SSSR count). The highest BCUT2D eigenvalue weighted by Crippen LogP contribution is 2.44. The fourth-order valence-corrected chi connectivity index (χ4v) is 2.46. The van der Waals surface area contributed by atoms with Gasteiger partial charge < -0.3 is 10.0 Å². The van der Waals surface area contributed by atoms with Crippen molar-refractivity contribution in [3.05, 3.63) is 35.9 Å². The van der Waals surface area contributed by atoms with Crippen LogP contribution in [0.2, 0.25) is 5.82 Å². The standard InChI is InChI=1S/C11H15BO2/c13-12(14)11-8-4-7-10(11)9-5-2-1-3-6-9/h1-3,5-6,10-11,13-14H,4,7-8H2/t10-,11-/m1/s1. The summed E-state index contributed by atoms with van der Waals surface area (Å²) < 4.78 is 0. The summed E-state index contributed by atoms with van der Waals surface area (Å²) in [6, 6.07) is 10.2. The van der Waals surface area contributed by atoms with Gasteiger partial charge in [-0.1, -0.05) is 43.2 Å². The molecule has 1 aromatic carbocycles. The number of benzene rings is 1. The molecule has 1 saturated carbocycles. The van der Waals surface area contributed by atoms with Gasteiger partial charge in [-0.2, -0.15) is 0 Å². The Labute approximate surface area is 84.7 Å². The van der Waals surface area contributed by atoms with E-state index in [9.17, 15) is 10.0 Å². The molecular formula is C11H15BO2. The van der Waals surface area contributed by atoms with Crippen LogP contribution >= 0.6 is 0 Å². The molecule has 0 amide bonds. The molecule has 2 N–H and O–H groups in total. The van der Waals surface area contributed by atoms with E-state index in [4.69, 9.17) is 0 Å². The van der Waals surface area contributed by atoms with Crippen LogP contribution in [0, 0.1) is 0 Å². The van der Waals surface area contributed by atoms with Crippen molar-refractivity contribution in [2.24, 2.45) is 0 Å². The van der Waals surface area contributed by atoms with Crippen LogP contribution < -0.4 is 0 Å². The lowest BCUT2D eigenvalue weighted by Gasteiger charge is -2.18. The second-order valence-electron chi connectivity index (χ2n) is 4.03. The van der Waals surface area contributed by atoms with E-state index in [1.807, 2.05) is 18.2 Å². The van der Waals surface area contributed by atoms with Crippen LogP contribution in [0.25, 0.3) is 0 Å². The Morgan fingerprint density at radius 2 is 1.79 bits per heavy atom. The Kier molecular flexibility index (Phi) is 2.89. The summed E-state index contributed by atoms with van der Waals surface area (Å²) in [6.07, 6.45) is 3.10. The van der Waals surface area contributed by atoms with Gasteiger partial charge >= 0.3 is 7.12 Å². The maximum absolute atomic E-state index is 9.24. The van der Waals surface area contributed by atoms with Crippen LogP contribution in [-0.4, -0.2) is 17.2 Å². The van der Waals surface area contributed by atoms with Gasteiger partial charge in [0.25, 0.3) is 0 Å². The summed E-state index contributed by atoms with van der Waals surface area (Å²) in [5.74, 6) is 0.355. The molecule has 0 spiro atoms. The molecule has 0 heterocycles. The molecule has 1 aliphatic carbocycles. The molecule has 0 radical (unpaired) electrons. The summed E-state index contributed by atoms with van der Waals surface area (Å²) in [6.45, 7) is 0. The van der Waals surface area contributed by atoms with E-state index in [1.165, 1.54) is 5.56 Å². The van der Waals surface area contributed by atoms with Crippen LogP contribution in [0.4, 0.5) is 0 Å². The molecule has 0 bridgehead atoms.